The number of rotatable bonds is 4. The maximum absolute atomic E-state index is 10.9. The Kier molecular flexibility index (Phi) is 5.47. The largest absolute Gasteiger partial charge is 0.393 e. The van der Waals surface area contributed by atoms with Gasteiger partial charge < -0.3 is 14.6 Å². The fourth-order valence-corrected chi connectivity index (χ4v) is 12.5. The van der Waals surface area contributed by atoms with Crippen LogP contribution >= 0.6 is 0 Å². The Hall–Kier alpha value is -0.120. The normalized spacial score (nSPS) is 54.7. The van der Waals surface area contributed by atoms with E-state index in [-0.39, 0.29) is 23.2 Å². The molecule has 6 aliphatic rings. The van der Waals surface area contributed by atoms with E-state index in [0.717, 1.165) is 36.5 Å². The maximum atomic E-state index is 10.9. The highest BCUT2D eigenvalue weighted by molar-refractivity contribution is 5.30. The monoisotopic (exact) mass is 500 g/mol. The van der Waals surface area contributed by atoms with E-state index in [1.54, 1.807) is 0 Å². The van der Waals surface area contributed by atoms with Gasteiger partial charge in [-0.25, -0.2) is 0 Å². The molecule has 5 aliphatic carbocycles. The van der Waals surface area contributed by atoms with Gasteiger partial charge in [-0.05, 0) is 149 Å². The van der Waals surface area contributed by atoms with Crippen molar-refractivity contribution < 1.29 is 14.6 Å². The Morgan fingerprint density at radius 1 is 0.778 bits per heavy atom. The second-order valence-corrected chi connectivity index (χ2v) is 16.8. The van der Waals surface area contributed by atoms with Crippen molar-refractivity contribution in [2.45, 2.75) is 157 Å². The van der Waals surface area contributed by atoms with Gasteiger partial charge in [-0.1, -0.05) is 34.6 Å². The molecule has 5 saturated carbocycles. The average molecular weight is 501 g/mol. The van der Waals surface area contributed by atoms with Crippen molar-refractivity contribution in [3.63, 3.8) is 0 Å². The molecule has 0 aromatic heterocycles. The molecule has 3 heteroatoms. The van der Waals surface area contributed by atoms with E-state index in [0.29, 0.717) is 21.7 Å². The van der Waals surface area contributed by atoms with Gasteiger partial charge in [-0.2, -0.15) is 0 Å². The summed E-state index contributed by atoms with van der Waals surface area (Å²) in [5.74, 6) is 2.73. The van der Waals surface area contributed by atoms with Crippen molar-refractivity contribution in [2.24, 2.45) is 50.7 Å². The molecule has 0 radical (unpaired) electrons. The molecule has 1 aliphatic heterocycles. The summed E-state index contributed by atoms with van der Waals surface area (Å²) < 4.78 is 12.6. The van der Waals surface area contributed by atoms with E-state index in [1.165, 1.54) is 57.8 Å². The van der Waals surface area contributed by atoms with E-state index >= 15 is 0 Å². The first-order chi connectivity index (χ1) is 16.5. The lowest BCUT2D eigenvalue weighted by Gasteiger charge is -2.63. The molecule has 0 bridgehead atoms. The summed E-state index contributed by atoms with van der Waals surface area (Å²) in [4.78, 5) is 0. The van der Waals surface area contributed by atoms with Gasteiger partial charge >= 0.3 is 0 Å². The predicted molar refractivity (Wildman–Crippen MR) is 145 cm³/mol. The first-order valence-corrected chi connectivity index (χ1v) is 15.6. The van der Waals surface area contributed by atoms with Gasteiger partial charge in [0.2, 0.25) is 0 Å². The molecule has 3 nitrogen and oxygen atoms in total. The molecule has 36 heavy (non-hydrogen) atoms. The van der Waals surface area contributed by atoms with Crippen LogP contribution in [-0.2, 0) is 9.47 Å². The predicted octanol–water partition coefficient (Wildman–Crippen LogP) is 8.13. The Morgan fingerprint density at radius 2 is 1.44 bits per heavy atom. The molecule has 1 heterocycles. The third kappa shape index (κ3) is 3.15. The summed E-state index contributed by atoms with van der Waals surface area (Å²) in [7, 11) is 0. The van der Waals surface area contributed by atoms with Crippen LogP contribution in [0.2, 0.25) is 0 Å². The molecule has 0 aromatic rings. The Labute approximate surface area is 221 Å². The zero-order valence-corrected chi connectivity index (χ0v) is 25.0. The van der Waals surface area contributed by atoms with Crippen LogP contribution in [0.1, 0.15) is 133 Å². The molecule has 3 unspecified atom stereocenters. The number of aliphatic hydroxyl groups excluding tert-OH is 1. The summed E-state index contributed by atoms with van der Waals surface area (Å²) in [6.45, 7) is 21.3. The van der Waals surface area contributed by atoms with Crippen molar-refractivity contribution >= 4 is 0 Å². The standard InChI is InChI=1S/C33H56O3/c1-21(10-13-26-28(4,5)36-29(6,7)35-26)22-14-16-31(9)24-12-11-23-27(2,3)25(34)15-17-32(23)20-33(24,32)19-18-30(22,31)8/h21-26,34H,10-20H2,1-9H3/t21?,22-,23-,24-,25?,26?,30+,31-,32+,33-/m0/s1. The molecule has 2 spiro atoms. The number of fused-ring (bicyclic) bond motifs is 2. The van der Waals surface area contributed by atoms with Gasteiger partial charge in [0.15, 0.2) is 5.79 Å². The van der Waals surface area contributed by atoms with Gasteiger partial charge in [0.05, 0.1) is 17.8 Å². The van der Waals surface area contributed by atoms with Gasteiger partial charge in [-0.3, -0.25) is 0 Å². The topological polar surface area (TPSA) is 38.7 Å². The molecule has 1 N–H and O–H groups in total. The molecule has 0 aromatic carbocycles. The van der Waals surface area contributed by atoms with Crippen LogP contribution in [0, 0.1) is 50.7 Å². The van der Waals surface area contributed by atoms with E-state index in [2.05, 4.69) is 62.3 Å². The average Bonchev–Trinajstić information content (AvgIpc) is 3.27. The summed E-state index contributed by atoms with van der Waals surface area (Å²) in [5.41, 5.74) is 1.97. The summed E-state index contributed by atoms with van der Waals surface area (Å²) >= 11 is 0. The van der Waals surface area contributed by atoms with E-state index < -0.39 is 5.79 Å². The van der Waals surface area contributed by atoms with Crippen molar-refractivity contribution in [1.29, 1.82) is 0 Å². The third-order valence-corrected chi connectivity index (χ3v) is 14.4. The van der Waals surface area contributed by atoms with Crippen LogP contribution in [0.4, 0.5) is 0 Å². The zero-order valence-electron chi connectivity index (χ0n) is 25.0. The minimum absolute atomic E-state index is 0.0927. The van der Waals surface area contributed by atoms with Gasteiger partial charge in [0, 0.05) is 0 Å². The van der Waals surface area contributed by atoms with E-state index in [4.69, 9.17) is 9.47 Å². The lowest BCUT2D eigenvalue weighted by Crippen LogP contribution is -2.57. The van der Waals surface area contributed by atoms with Gasteiger partial charge in [0.25, 0.3) is 0 Å². The second-order valence-electron chi connectivity index (χ2n) is 16.8. The van der Waals surface area contributed by atoms with Crippen LogP contribution in [-0.4, -0.2) is 28.7 Å². The van der Waals surface area contributed by atoms with E-state index in [9.17, 15) is 5.11 Å². The van der Waals surface area contributed by atoms with Crippen molar-refractivity contribution in [2.75, 3.05) is 0 Å². The van der Waals surface area contributed by atoms with Gasteiger partial charge in [0.1, 0.15) is 0 Å². The van der Waals surface area contributed by atoms with Crippen LogP contribution < -0.4 is 0 Å². The Bertz CT molecular complexity index is 907. The molecule has 1 saturated heterocycles. The van der Waals surface area contributed by atoms with Crippen LogP contribution in [0.5, 0.6) is 0 Å². The third-order valence-electron chi connectivity index (χ3n) is 14.4. The fourth-order valence-electron chi connectivity index (χ4n) is 12.5. The quantitative estimate of drug-likeness (QED) is 0.423. The molecule has 206 valence electrons. The zero-order chi connectivity index (χ0) is 26.2. The number of hydrogen-bond acceptors (Lipinski definition) is 3. The van der Waals surface area contributed by atoms with Crippen molar-refractivity contribution in [3.05, 3.63) is 0 Å². The fraction of sp³-hybridized carbons (Fsp3) is 1.00. The van der Waals surface area contributed by atoms with Crippen molar-refractivity contribution in [3.8, 4) is 0 Å². The molecule has 0 amide bonds. The van der Waals surface area contributed by atoms with Crippen molar-refractivity contribution in [1.82, 2.24) is 0 Å². The summed E-state index contributed by atoms with van der Waals surface area (Å²) in [5, 5.41) is 10.9. The first kappa shape index (κ1) is 26.1. The number of hydrogen-bond donors (Lipinski definition) is 1. The minimum Gasteiger partial charge on any atom is -0.393 e. The molecular weight excluding hydrogens is 444 g/mol. The SMILES string of the molecule is CC(CCC1OC(C)(C)OC1(C)C)[C@@H]1CC[C@@]2(C)[C@@H]3CC[C@H]4C(C)(C)C(O)CC[C@@]45C[C@@]35CC[C@]12C. The molecule has 10 atom stereocenters. The van der Waals surface area contributed by atoms with Gasteiger partial charge in [-0.15, -0.1) is 0 Å². The number of aliphatic hydroxyl groups is 1. The molecular formula is C33H56O3. The van der Waals surface area contributed by atoms with Crippen LogP contribution in [0.15, 0.2) is 0 Å². The lowest BCUT2D eigenvalue weighted by atomic mass is 9.41. The summed E-state index contributed by atoms with van der Waals surface area (Å²) in [6, 6.07) is 0. The highest BCUT2D eigenvalue weighted by Crippen LogP contribution is 2.89. The molecule has 6 fully saturated rings. The maximum Gasteiger partial charge on any atom is 0.164 e. The molecule has 6 rings (SSSR count). The smallest absolute Gasteiger partial charge is 0.164 e. The number of ether oxygens (including phenoxy) is 2. The summed E-state index contributed by atoms with van der Waals surface area (Å²) in [6.07, 6.45) is 14.7. The van der Waals surface area contributed by atoms with E-state index in [1.807, 2.05) is 0 Å². The van der Waals surface area contributed by atoms with Crippen LogP contribution in [0.25, 0.3) is 0 Å². The van der Waals surface area contributed by atoms with Crippen LogP contribution in [0.3, 0.4) is 0 Å². The Balaban J connectivity index is 1.20. The highest BCUT2D eigenvalue weighted by Gasteiger charge is 2.82. The minimum atomic E-state index is -0.463. The lowest BCUT2D eigenvalue weighted by molar-refractivity contribution is -0.162. The Morgan fingerprint density at radius 3 is 2.11 bits per heavy atom. The second kappa shape index (κ2) is 7.54. The highest BCUT2D eigenvalue weighted by atomic mass is 16.8. The first-order valence-electron chi connectivity index (χ1n) is 15.6.